The summed E-state index contributed by atoms with van der Waals surface area (Å²) >= 11 is 0. The molecule has 0 unspecified atom stereocenters. The molecule has 2 fully saturated rings. The maximum Gasteiger partial charge on any atom is 0.338 e. The van der Waals surface area contributed by atoms with Gasteiger partial charge in [-0.25, -0.2) is 13.2 Å². The summed E-state index contributed by atoms with van der Waals surface area (Å²) in [6.45, 7) is 2.69. The number of esters is 1. The zero-order chi connectivity index (χ0) is 20.1. The molecule has 154 valence electrons. The lowest BCUT2D eigenvalue weighted by Crippen LogP contribution is -2.42. The van der Waals surface area contributed by atoms with Gasteiger partial charge in [0.05, 0.1) is 23.2 Å². The standard InChI is InChI=1S/C19H25NO7S/c1-13(18(21)20-15-8-10-28(23,24)12-15)27-19(22)14-4-6-16(7-5-14)26-11-17-3-2-9-25-17/h4-7,13,15,17H,2-3,8-12H2,1H3,(H,20,21)/t13-,15+,17-/m0/s1. The monoisotopic (exact) mass is 411 g/mol. The van der Waals surface area contributed by atoms with E-state index in [4.69, 9.17) is 14.2 Å². The first kappa shape index (κ1) is 20.6. The lowest BCUT2D eigenvalue weighted by atomic mass is 10.2. The second-order valence-corrected chi connectivity index (χ2v) is 9.36. The molecule has 28 heavy (non-hydrogen) atoms. The molecular formula is C19H25NO7S. The average Bonchev–Trinajstić information content (AvgIpc) is 3.29. The van der Waals surface area contributed by atoms with E-state index in [1.807, 2.05) is 0 Å². The zero-order valence-corrected chi connectivity index (χ0v) is 16.6. The molecule has 0 spiro atoms. The molecule has 1 N–H and O–H groups in total. The number of carbonyl (C=O) groups excluding carboxylic acids is 2. The van der Waals surface area contributed by atoms with Gasteiger partial charge in [0, 0.05) is 12.6 Å². The van der Waals surface area contributed by atoms with E-state index in [0.29, 0.717) is 24.3 Å². The highest BCUT2D eigenvalue weighted by Gasteiger charge is 2.30. The number of amides is 1. The van der Waals surface area contributed by atoms with Crippen LogP contribution in [0.25, 0.3) is 0 Å². The molecule has 2 aliphatic heterocycles. The highest BCUT2D eigenvalue weighted by Crippen LogP contribution is 2.17. The van der Waals surface area contributed by atoms with Crippen molar-refractivity contribution in [2.24, 2.45) is 0 Å². The first-order chi connectivity index (χ1) is 13.3. The summed E-state index contributed by atoms with van der Waals surface area (Å²) in [6.07, 6.45) is 1.49. The van der Waals surface area contributed by atoms with Gasteiger partial charge in [-0.2, -0.15) is 0 Å². The van der Waals surface area contributed by atoms with Crippen LogP contribution < -0.4 is 10.1 Å². The summed E-state index contributed by atoms with van der Waals surface area (Å²) in [5.74, 6) is -0.528. The number of rotatable bonds is 7. The number of hydrogen-bond acceptors (Lipinski definition) is 7. The maximum absolute atomic E-state index is 12.2. The van der Waals surface area contributed by atoms with Crippen LogP contribution in [-0.2, 0) is 24.1 Å². The first-order valence-corrected chi connectivity index (χ1v) is 11.2. The SMILES string of the molecule is C[C@H](OC(=O)c1ccc(OC[C@@H]2CCCO2)cc1)C(=O)N[C@@H]1CCS(=O)(=O)C1. The average molecular weight is 411 g/mol. The van der Waals surface area contributed by atoms with E-state index in [9.17, 15) is 18.0 Å². The Morgan fingerprint density at radius 1 is 1.25 bits per heavy atom. The summed E-state index contributed by atoms with van der Waals surface area (Å²) in [7, 11) is -3.09. The number of benzene rings is 1. The van der Waals surface area contributed by atoms with Crippen molar-refractivity contribution >= 4 is 21.7 Å². The van der Waals surface area contributed by atoms with Gasteiger partial charge in [-0.1, -0.05) is 0 Å². The van der Waals surface area contributed by atoms with E-state index >= 15 is 0 Å². The second kappa shape index (κ2) is 8.91. The van der Waals surface area contributed by atoms with E-state index in [2.05, 4.69) is 5.32 Å². The number of nitrogens with one attached hydrogen (secondary N) is 1. The van der Waals surface area contributed by atoms with Crippen LogP contribution in [0.1, 0.15) is 36.5 Å². The van der Waals surface area contributed by atoms with Crippen molar-refractivity contribution in [3.8, 4) is 5.75 Å². The highest BCUT2D eigenvalue weighted by atomic mass is 32.2. The molecule has 0 aliphatic carbocycles. The van der Waals surface area contributed by atoms with Crippen LogP contribution in [0, 0.1) is 0 Å². The molecule has 3 atom stereocenters. The molecule has 1 aromatic rings. The lowest BCUT2D eigenvalue weighted by Gasteiger charge is -2.16. The summed E-state index contributed by atoms with van der Waals surface area (Å²) in [5, 5.41) is 2.62. The van der Waals surface area contributed by atoms with Crippen LogP contribution >= 0.6 is 0 Å². The van der Waals surface area contributed by atoms with Gasteiger partial charge in [-0.05, 0) is 50.5 Å². The van der Waals surface area contributed by atoms with Crippen molar-refractivity contribution < 1.29 is 32.2 Å². The van der Waals surface area contributed by atoms with Crippen molar-refractivity contribution in [1.82, 2.24) is 5.32 Å². The van der Waals surface area contributed by atoms with Crippen LogP contribution in [0.5, 0.6) is 5.75 Å². The Kier molecular flexibility index (Phi) is 6.56. The third kappa shape index (κ3) is 5.68. The minimum absolute atomic E-state index is 0.0629. The minimum atomic E-state index is -3.09. The van der Waals surface area contributed by atoms with Crippen LogP contribution in [-0.4, -0.2) is 63.3 Å². The van der Waals surface area contributed by atoms with Gasteiger partial charge in [-0.15, -0.1) is 0 Å². The van der Waals surface area contributed by atoms with Gasteiger partial charge in [0.15, 0.2) is 15.9 Å². The fraction of sp³-hybridized carbons (Fsp3) is 0.579. The quantitative estimate of drug-likeness (QED) is 0.669. The number of sulfone groups is 1. The first-order valence-electron chi connectivity index (χ1n) is 9.38. The molecule has 1 aromatic carbocycles. The lowest BCUT2D eigenvalue weighted by molar-refractivity contribution is -0.129. The predicted molar refractivity (Wildman–Crippen MR) is 101 cm³/mol. The maximum atomic E-state index is 12.2. The number of ether oxygens (including phenoxy) is 3. The van der Waals surface area contributed by atoms with Gasteiger partial charge >= 0.3 is 5.97 Å². The van der Waals surface area contributed by atoms with Crippen LogP contribution in [0.15, 0.2) is 24.3 Å². The fourth-order valence-corrected chi connectivity index (χ4v) is 4.84. The fourth-order valence-electron chi connectivity index (χ4n) is 3.16. The summed E-state index contributed by atoms with van der Waals surface area (Å²) < 4.78 is 39.2. The Hall–Kier alpha value is -2.13. The van der Waals surface area contributed by atoms with Crippen molar-refractivity contribution in [3.63, 3.8) is 0 Å². The summed E-state index contributed by atoms with van der Waals surface area (Å²) in [5.41, 5.74) is 0.299. The Morgan fingerprint density at radius 3 is 2.61 bits per heavy atom. The molecule has 9 heteroatoms. The molecule has 2 heterocycles. The Labute approximate surface area is 164 Å². The van der Waals surface area contributed by atoms with Crippen molar-refractivity contribution in [2.75, 3.05) is 24.7 Å². The summed E-state index contributed by atoms with van der Waals surface area (Å²) in [6, 6.07) is 6.04. The smallest absolute Gasteiger partial charge is 0.338 e. The van der Waals surface area contributed by atoms with Crippen molar-refractivity contribution in [2.45, 2.75) is 44.4 Å². The van der Waals surface area contributed by atoms with E-state index < -0.39 is 33.9 Å². The molecule has 0 aromatic heterocycles. The van der Waals surface area contributed by atoms with Crippen molar-refractivity contribution in [1.29, 1.82) is 0 Å². The molecule has 8 nitrogen and oxygen atoms in total. The molecule has 2 aliphatic rings. The molecule has 0 radical (unpaired) electrons. The molecule has 2 saturated heterocycles. The largest absolute Gasteiger partial charge is 0.491 e. The van der Waals surface area contributed by atoms with Crippen molar-refractivity contribution in [3.05, 3.63) is 29.8 Å². The van der Waals surface area contributed by atoms with Crippen LogP contribution in [0.2, 0.25) is 0 Å². The Balaban J connectivity index is 1.45. The molecule has 1 amide bonds. The van der Waals surface area contributed by atoms with Gasteiger partial charge < -0.3 is 19.5 Å². The second-order valence-electron chi connectivity index (χ2n) is 7.13. The minimum Gasteiger partial charge on any atom is -0.491 e. The number of carbonyl (C=O) groups is 2. The van der Waals surface area contributed by atoms with E-state index in [-0.39, 0.29) is 17.6 Å². The third-order valence-corrected chi connectivity index (χ3v) is 6.55. The van der Waals surface area contributed by atoms with E-state index in [1.54, 1.807) is 24.3 Å². The normalized spacial score (nSPS) is 24.5. The Morgan fingerprint density at radius 2 is 2.00 bits per heavy atom. The predicted octanol–water partition coefficient (Wildman–Crippen LogP) is 1.09. The topological polar surface area (TPSA) is 108 Å². The summed E-state index contributed by atoms with van der Waals surface area (Å²) in [4.78, 5) is 24.3. The number of hydrogen-bond donors (Lipinski definition) is 1. The molecule has 0 bridgehead atoms. The van der Waals surface area contributed by atoms with Gasteiger partial charge in [-0.3, -0.25) is 4.79 Å². The zero-order valence-electron chi connectivity index (χ0n) is 15.8. The molecule has 3 rings (SSSR count). The molecule has 0 saturated carbocycles. The van der Waals surface area contributed by atoms with Crippen LogP contribution in [0.4, 0.5) is 0 Å². The highest BCUT2D eigenvalue weighted by molar-refractivity contribution is 7.91. The Bertz CT molecular complexity index is 800. The van der Waals surface area contributed by atoms with E-state index in [1.165, 1.54) is 6.92 Å². The van der Waals surface area contributed by atoms with Gasteiger partial charge in [0.25, 0.3) is 5.91 Å². The third-order valence-electron chi connectivity index (χ3n) is 4.78. The van der Waals surface area contributed by atoms with E-state index in [0.717, 1.165) is 19.4 Å². The van der Waals surface area contributed by atoms with Gasteiger partial charge in [0.1, 0.15) is 12.4 Å². The van der Waals surface area contributed by atoms with Crippen LogP contribution in [0.3, 0.4) is 0 Å². The molecular weight excluding hydrogens is 386 g/mol. The van der Waals surface area contributed by atoms with Gasteiger partial charge in [0.2, 0.25) is 0 Å².